The van der Waals surface area contributed by atoms with Crippen molar-refractivity contribution in [2.24, 2.45) is 16.3 Å². The van der Waals surface area contributed by atoms with Crippen LogP contribution in [0.1, 0.15) is 54.1 Å². The molecule has 158 valence electrons. The molecule has 2 aromatic carbocycles. The van der Waals surface area contributed by atoms with Crippen molar-refractivity contribution in [3.05, 3.63) is 64.7 Å². The number of methoxy groups -OCH3 is 2. The minimum Gasteiger partial charge on any atom is -0.497 e. The largest absolute Gasteiger partial charge is 0.497 e. The number of allylic oxidation sites excluding steroid dienone is 1. The van der Waals surface area contributed by atoms with Crippen molar-refractivity contribution in [1.29, 1.82) is 0 Å². The molecule has 0 bridgehead atoms. The SMILES string of the molecule is COc1ccc(OC)c(C2C3=C(N=C4CC(C)(C)CC(=O)C42)c2ccccc2C3=O)c1. The lowest BCUT2D eigenvalue weighted by molar-refractivity contribution is -0.124. The molecule has 0 amide bonds. The molecule has 5 nitrogen and oxygen atoms in total. The first-order chi connectivity index (χ1) is 14.8. The van der Waals surface area contributed by atoms with Crippen molar-refractivity contribution >= 4 is 23.0 Å². The maximum Gasteiger partial charge on any atom is 0.192 e. The quantitative estimate of drug-likeness (QED) is 0.718. The number of hydrogen-bond acceptors (Lipinski definition) is 5. The highest BCUT2D eigenvalue weighted by Crippen LogP contribution is 2.53. The third kappa shape index (κ3) is 2.94. The maximum absolute atomic E-state index is 13.6. The van der Waals surface area contributed by atoms with Crippen LogP contribution in [0.2, 0.25) is 0 Å². The molecule has 2 aromatic rings. The van der Waals surface area contributed by atoms with Gasteiger partial charge in [0.25, 0.3) is 0 Å². The lowest BCUT2D eigenvalue weighted by Crippen LogP contribution is -2.43. The topological polar surface area (TPSA) is 65.0 Å². The Hall–Kier alpha value is -3.21. The van der Waals surface area contributed by atoms with Gasteiger partial charge in [-0.2, -0.15) is 0 Å². The average molecular weight is 415 g/mol. The van der Waals surface area contributed by atoms with Crippen molar-refractivity contribution in [2.75, 3.05) is 14.2 Å². The molecule has 0 saturated heterocycles. The summed E-state index contributed by atoms with van der Waals surface area (Å²) in [7, 11) is 3.21. The molecule has 2 atom stereocenters. The molecule has 0 radical (unpaired) electrons. The van der Waals surface area contributed by atoms with Gasteiger partial charge in [0, 0.05) is 40.3 Å². The Bertz CT molecular complexity index is 1190. The third-order valence-corrected chi connectivity index (χ3v) is 6.62. The molecule has 1 saturated carbocycles. The fourth-order valence-corrected chi connectivity index (χ4v) is 5.34. The molecule has 2 unspecified atom stereocenters. The van der Waals surface area contributed by atoms with Crippen molar-refractivity contribution in [3.8, 4) is 11.5 Å². The Morgan fingerprint density at radius 1 is 0.935 bits per heavy atom. The number of benzene rings is 2. The van der Waals surface area contributed by atoms with Crippen LogP contribution >= 0.6 is 0 Å². The number of ketones is 2. The number of carbonyl (C=O) groups is 2. The molecule has 5 heteroatoms. The summed E-state index contributed by atoms with van der Waals surface area (Å²) in [6.45, 7) is 4.20. The number of fused-ring (bicyclic) bond motifs is 3. The van der Waals surface area contributed by atoms with Crippen molar-refractivity contribution in [1.82, 2.24) is 0 Å². The first-order valence-electron chi connectivity index (χ1n) is 10.5. The zero-order valence-electron chi connectivity index (χ0n) is 18.2. The van der Waals surface area contributed by atoms with Crippen LogP contribution in [0, 0.1) is 11.3 Å². The Balaban J connectivity index is 1.79. The zero-order valence-corrected chi connectivity index (χ0v) is 18.2. The monoisotopic (exact) mass is 415 g/mol. The number of Topliss-reactive ketones (excluding diaryl/α,β-unsaturated/α-hetero) is 2. The third-order valence-electron chi connectivity index (χ3n) is 6.62. The predicted molar refractivity (Wildman–Crippen MR) is 119 cm³/mol. The minimum atomic E-state index is -0.467. The van der Waals surface area contributed by atoms with Gasteiger partial charge in [-0.1, -0.05) is 38.1 Å². The fraction of sp³-hybridized carbons (Fsp3) is 0.346. The normalized spacial score (nSPS) is 23.7. The van der Waals surface area contributed by atoms with E-state index in [2.05, 4.69) is 13.8 Å². The number of ether oxygens (including phenoxy) is 2. The highest BCUT2D eigenvalue weighted by molar-refractivity contribution is 6.25. The van der Waals surface area contributed by atoms with Crippen LogP contribution in [0.15, 0.2) is 53.0 Å². The molecular formula is C26H25NO4. The molecule has 2 aliphatic carbocycles. The molecule has 0 N–H and O–H groups in total. The minimum absolute atomic E-state index is 0.0547. The van der Waals surface area contributed by atoms with Gasteiger partial charge in [0.1, 0.15) is 17.3 Å². The first kappa shape index (κ1) is 19.7. The van der Waals surface area contributed by atoms with E-state index in [0.717, 1.165) is 23.3 Å². The van der Waals surface area contributed by atoms with Gasteiger partial charge >= 0.3 is 0 Å². The standard InChI is InChI=1S/C26H25NO4/c1-26(2)12-18-22(19(28)13-26)21(17-11-14(30-3)9-10-20(17)31-4)23-24(27-18)15-7-5-6-8-16(15)25(23)29/h5-11,21-22H,12-13H2,1-4H3. The number of nitrogens with zero attached hydrogens (tertiary/aromatic N) is 1. The number of rotatable bonds is 3. The Morgan fingerprint density at radius 2 is 1.68 bits per heavy atom. The average Bonchev–Trinajstić information content (AvgIpc) is 3.03. The van der Waals surface area contributed by atoms with E-state index >= 15 is 0 Å². The first-order valence-corrected chi connectivity index (χ1v) is 10.5. The summed E-state index contributed by atoms with van der Waals surface area (Å²) in [6.07, 6.45) is 1.18. The number of hydrogen-bond donors (Lipinski definition) is 0. The predicted octanol–water partition coefficient (Wildman–Crippen LogP) is 4.85. The molecule has 31 heavy (non-hydrogen) atoms. The molecule has 1 fully saturated rings. The summed E-state index contributed by atoms with van der Waals surface area (Å²) in [5.41, 5.74) is 4.28. The zero-order chi connectivity index (χ0) is 21.9. The number of aliphatic imine (C=N–C) groups is 1. The van der Waals surface area contributed by atoms with Gasteiger partial charge in [-0.05, 0) is 30.0 Å². The van der Waals surface area contributed by atoms with Crippen LogP contribution < -0.4 is 9.47 Å². The van der Waals surface area contributed by atoms with E-state index in [1.54, 1.807) is 14.2 Å². The van der Waals surface area contributed by atoms with Crippen molar-refractivity contribution in [3.63, 3.8) is 0 Å². The highest BCUT2D eigenvalue weighted by atomic mass is 16.5. The smallest absolute Gasteiger partial charge is 0.192 e. The van der Waals surface area contributed by atoms with E-state index in [4.69, 9.17) is 14.5 Å². The second-order valence-electron chi connectivity index (χ2n) is 9.29. The fourth-order valence-electron chi connectivity index (χ4n) is 5.34. The van der Waals surface area contributed by atoms with Crippen molar-refractivity contribution < 1.29 is 19.1 Å². The molecule has 0 spiro atoms. The van der Waals surface area contributed by atoms with Crippen LogP contribution in [0.25, 0.3) is 5.70 Å². The van der Waals surface area contributed by atoms with Gasteiger partial charge in [0.05, 0.1) is 25.8 Å². The van der Waals surface area contributed by atoms with E-state index in [0.29, 0.717) is 34.8 Å². The highest BCUT2D eigenvalue weighted by Gasteiger charge is 2.50. The molecule has 3 aliphatic rings. The van der Waals surface area contributed by atoms with Crippen LogP contribution in [-0.2, 0) is 4.79 Å². The van der Waals surface area contributed by atoms with Crippen molar-refractivity contribution in [2.45, 2.75) is 32.6 Å². The van der Waals surface area contributed by atoms with Gasteiger partial charge in [-0.3, -0.25) is 14.6 Å². The van der Waals surface area contributed by atoms with Gasteiger partial charge < -0.3 is 9.47 Å². The van der Waals surface area contributed by atoms with Crippen LogP contribution in [0.3, 0.4) is 0 Å². The van der Waals surface area contributed by atoms with Crippen LogP contribution in [0.5, 0.6) is 11.5 Å². The van der Waals surface area contributed by atoms with Gasteiger partial charge in [0.2, 0.25) is 0 Å². The van der Waals surface area contributed by atoms with E-state index in [-0.39, 0.29) is 17.0 Å². The van der Waals surface area contributed by atoms with Gasteiger partial charge in [-0.25, -0.2) is 0 Å². The van der Waals surface area contributed by atoms with Gasteiger partial charge in [-0.15, -0.1) is 0 Å². The second kappa shape index (κ2) is 6.91. The lowest BCUT2D eigenvalue weighted by Gasteiger charge is -2.41. The summed E-state index contributed by atoms with van der Waals surface area (Å²) in [6, 6.07) is 13.1. The molecule has 1 heterocycles. The Labute approximate surface area is 181 Å². The van der Waals surface area contributed by atoms with Gasteiger partial charge in [0.15, 0.2) is 5.78 Å². The van der Waals surface area contributed by atoms with Crippen LogP contribution in [0.4, 0.5) is 0 Å². The summed E-state index contributed by atoms with van der Waals surface area (Å²) < 4.78 is 11.1. The van der Waals surface area contributed by atoms with Crippen LogP contribution in [-0.4, -0.2) is 31.5 Å². The Morgan fingerprint density at radius 3 is 2.39 bits per heavy atom. The summed E-state index contributed by atoms with van der Waals surface area (Å²) in [4.78, 5) is 32.0. The summed E-state index contributed by atoms with van der Waals surface area (Å²) in [5, 5.41) is 0. The lowest BCUT2D eigenvalue weighted by atomic mass is 9.63. The molecule has 1 aliphatic heterocycles. The summed E-state index contributed by atoms with van der Waals surface area (Å²) >= 11 is 0. The number of carbonyl (C=O) groups excluding carboxylic acids is 2. The van der Waals surface area contributed by atoms with E-state index in [1.165, 1.54) is 0 Å². The molecule has 5 rings (SSSR count). The molecular weight excluding hydrogens is 390 g/mol. The summed E-state index contributed by atoms with van der Waals surface area (Å²) in [5.74, 6) is 0.456. The maximum atomic E-state index is 13.6. The second-order valence-corrected chi connectivity index (χ2v) is 9.29. The molecule has 0 aromatic heterocycles. The van der Waals surface area contributed by atoms with E-state index < -0.39 is 11.8 Å². The van der Waals surface area contributed by atoms with E-state index in [9.17, 15) is 9.59 Å². The van der Waals surface area contributed by atoms with E-state index in [1.807, 2.05) is 42.5 Å². The Kier molecular flexibility index (Phi) is 4.40.